The number of nitrogens with zero attached hydrogens (tertiary/aromatic N) is 1. The van der Waals surface area contributed by atoms with E-state index in [1.54, 1.807) is 0 Å². The first-order chi connectivity index (χ1) is 25.0. The van der Waals surface area contributed by atoms with Gasteiger partial charge in [-0.1, -0.05) is 172 Å². The molecule has 3 unspecified atom stereocenters. The van der Waals surface area contributed by atoms with Crippen molar-refractivity contribution in [2.75, 3.05) is 40.9 Å². The smallest absolute Gasteiger partial charge is 0.268 e. The molecule has 0 spiro atoms. The lowest BCUT2D eigenvalue weighted by atomic mass is 10.0. The Hall–Kier alpha value is -1.54. The number of aliphatic hydroxyl groups is 1. The van der Waals surface area contributed by atoms with Crippen LogP contribution < -0.4 is 10.2 Å². The number of carbonyl (C=O) groups is 1. The molecule has 0 aliphatic rings. The monoisotopic (exact) mass is 753 g/mol. The van der Waals surface area contributed by atoms with Gasteiger partial charge in [0, 0.05) is 6.42 Å². The summed E-state index contributed by atoms with van der Waals surface area (Å²) >= 11 is 0. The van der Waals surface area contributed by atoms with Crippen molar-refractivity contribution in [3.8, 4) is 0 Å². The Kier molecular flexibility index (Phi) is 34.1. The Morgan fingerprint density at radius 2 is 1.13 bits per heavy atom. The highest BCUT2D eigenvalue weighted by Gasteiger charge is 2.24. The van der Waals surface area contributed by atoms with Gasteiger partial charge in [0.15, 0.2) is 0 Å². The van der Waals surface area contributed by atoms with Crippen LogP contribution in [0.4, 0.5) is 0 Å². The van der Waals surface area contributed by atoms with Crippen LogP contribution in [0.2, 0.25) is 0 Å². The average molecular weight is 753 g/mol. The van der Waals surface area contributed by atoms with Gasteiger partial charge >= 0.3 is 0 Å². The topological polar surface area (TPSA) is 108 Å². The van der Waals surface area contributed by atoms with Crippen molar-refractivity contribution in [3.63, 3.8) is 0 Å². The first-order valence-electron chi connectivity index (χ1n) is 21.0. The second kappa shape index (κ2) is 35.2. The molecule has 2 N–H and O–H groups in total. The fourth-order valence-electron chi connectivity index (χ4n) is 5.75. The van der Waals surface area contributed by atoms with Crippen LogP contribution in [0.25, 0.3) is 0 Å². The third kappa shape index (κ3) is 36.8. The highest BCUT2D eigenvalue weighted by atomic mass is 31.2. The summed E-state index contributed by atoms with van der Waals surface area (Å²) in [7, 11) is 1.25. The summed E-state index contributed by atoms with van der Waals surface area (Å²) in [6, 6.07) is -0.838. The molecule has 9 heteroatoms. The highest BCUT2D eigenvalue weighted by Crippen LogP contribution is 2.38. The maximum absolute atomic E-state index is 12.8. The maximum atomic E-state index is 12.8. The van der Waals surface area contributed by atoms with Gasteiger partial charge in [-0.2, -0.15) is 0 Å². The van der Waals surface area contributed by atoms with Crippen molar-refractivity contribution >= 4 is 13.7 Å². The van der Waals surface area contributed by atoms with E-state index in [-0.39, 0.29) is 25.5 Å². The summed E-state index contributed by atoms with van der Waals surface area (Å²) < 4.78 is 23.2. The lowest BCUT2D eigenvalue weighted by molar-refractivity contribution is -0.870. The number of nitrogens with one attached hydrogen (secondary N) is 1. The van der Waals surface area contributed by atoms with Gasteiger partial charge in [0.05, 0.1) is 39.9 Å². The summed E-state index contributed by atoms with van der Waals surface area (Å²) in [5.74, 6) is -0.246. The molecule has 0 saturated heterocycles. The molecule has 0 aromatic heterocycles. The molecular weight excluding hydrogens is 671 g/mol. The van der Waals surface area contributed by atoms with Gasteiger partial charge < -0.3 is 28.8 Å². The normalized spacial score (nSPS) is 15.0. The van der Waals surface area contributed by atoms with E-state index in [9.17, 15) is 19.4 Å². The predicted molar refractivity (Wildman–Crippen MR) is 219 cm³/mol. The molecule has 8 nitrogen and oxygen atoms in total. The molecule has 0 radical (unpaired) electrons. The van der Waals surface area contributed by atoms with Crippen molar-refractivity contribution < 1.29 is 32.9 Å². The molecule has 0 saturated carbocycles. The number of hydrogen-bond acceptors (Lipinski definition) is 6. The van der Waals surface area contributed by atoms with Crippen molar-refractivity contribution in [1.82, 2.24) is 5.32 Å². The Labute approximate surface area is 320 Å². The fourth-order valence-corrected chi connectivity index (χ4v) is 6.48. The SMILES string of the molecule is CC/C=C\C/C=C\C/C=C\C/C=C\CCC(=O)NC(COP(=O)([O-])OCC[N+](C)(C)C)C(O)CCCCCCCCCCCCCCCCCCC. The highest BCUT2D eigenvalue weighted by molar-refractivity contribution is 7.45. The molecular formula is C43H81N2O6P. The third-order valence-corrected chi connectivity index (χ3v) is 10.1. The van der Waals surface area contributed by atoms with E-state index in [2.05, 4.69) is 55.6 Å². The minimum Gasteiger partial charge on any atom is -0.756 e. The zero-order valence-corrected chi connectivity index (χ0v) is 35.1. The number of rotatable bonds is 37. The van der Waals surface area contributed by atoms with Crippen LogP contribution in [0.3, 0.4) is 0 Å². The largest absolute Gasteiger partial charge is 0.756 e. The van der Waals surface area contributed by atoms with Gasteiger partial charge in [-0.15, -0.1) is 0 Å². The van der Waals surface area contributed by atoms with Gasteiger partial charge in [0.2, 0.25) is 5.91 Å². The van der Waals surface area contributed by atoms with Crippen LogP contribution >= 0.6 is 7.82 Å². The lowest BCUT2D eigenvalue weighted by Crippen LogP contribution is -2.46. The van der Waals surface area contributed by atoms with Crippen LogP contribution in [0.5, 0.6) is 0 Å². The average Bonchev–Trinajstić information content (AvgIpc) is 3.09. The molecule has 0 aromatic carbocycles. The molecule has 0 aliphatic heterocycles. The van der Waals surface area contributed by atoms with E-state index in [0.29, 0.717) is 23.9 Å². The molecule has 1 amide bonds. The summed E-state index contributed by atoms with van der Waals surface area (Å²) in [4.78, 5) is 25.2. The van der Waals surface area contributed by atoms with E-state index in [1.807, 2.05) is 33.3 Å². The van der Waals surface area contributed by atoms with E-state index in [0.717, 1.165) is 44.9 Å². The standard InChI is InChI=1S/C43H81N2O6P/c1-6-8-10-12-14-16-18-20-21-22-23-25-26-28-30-32-34-36-42(46)41(40-51-52(48,49)50-39-38-45(3,4)5)44-43(47)37-35-33-31-29-27-24-19-17-15-13-11-9-7-2/h9,11,15,17,24,27,31,33,41-42,46H,6-8,10,12-14,16,18-23,25-26,28-30,32,34-40H2,1-5H3,(H-,44,47,48,49)/b11-9-,17-15-,27-24-,33-31-. The zero-order valence-electron chi connectivity index (χ0n) is 34.2. The molecule has 0 rings (SSSR count). The van der Waals surface area contributed by atoms with Gasteiger partial charge in [-0.25, -0.2) is 0 Å². The Morgan fingerprint density at radius 3 is 1.60 bits per heavy atom. The lowest BCUT2D eigenvalue weighted by Gasteiger charge is -2.30. The van der Waals surface area contributed by atoms with Crippen LogP contribution in [-0.4, -0.2) is 68.5 Å². The quantitative estimate of drug-likeness (QED) is 0.0283. The van der Waals surface area contributed by atoms with Crippen LogP contribution in [0.15, 0.2) is 48.6 Å². The molecule has 0 aliphatic carbocycles. The molecule has 0 fully saturated rings. The summed E-state index contributed by atoms with van der Waals surface area (Å²) in [5, 5.41) is 13.8. The van der Waals surface area contributed by atoms with Gasteiger partial charge in [0.1, 0.15) is 13.2 Å². The van der Waals surface area contributed by atoms with Gasteiger partial charge in [0.25, 0.3) is 7.82 Å². The number of amides is 1. The number of hydrogen-bond donors (Lipinski definition) is 2. The van der Waals surface area contributed by atoms with E-state index >= 15 is 0 Å². The minimum atomic E-state index is -4.58. The number of phosphoric acid groups is 1. The van der Waals surface area contributed by atoms with Crippen molar-refractivity contribution in [1.29, 1.82) is 0 Å². The van der Waals surface area contributed by atoms with E-state index in [1.165, 1.54) is 89.9 Å². The molecule has 304 valence electrons. The number of quaternary nitrogens is 1. The van der Waals surface area contributed by atoms with Crippen molar-refractivity contribution in [2.45, 2.75) is 180 Å². The Bertz CT molecular complexity index is 991. The third-order valence-electron chi connectivity index (χ3n) is 9.09. The molecule has 0 bridgehead atoms. The van der Waals surface area contributed by atoms with Crippen LogP contribution in [0.1, 0.15) is 168 Å². The van der Waals surface area contributed by atoms with Crippen LogP contribution in [-0.2, 0) is 18.4 Å². The van der Waals surface area contributed by atoms with E-state index in [4.69, 9.17) is 9.05 Å². The number of carbonyl (C=O) groups excluding carboxylic acids is 1. The Balaban J connectivity index is 4.49. The number of phosphoric ester groups is 1. The molecule has 3 atom stereocenters. The van der Waals surface area contributed by atoms with Gasteiger partial charge in [-0.05, 0) is 38.5 Å². The minimum absolute atomic E-state index is 0.00200. The second-order valence-electron chi connectivity index (χ2n) is 15.3. The molecule has 0 heterocycles. The van der Waals surface area contributed by atoms with Crippen LogP contribution in [0, 0.1) is 0 Å². The predicted octanol–water partition coefficient (Wildman–Crippen LogP) is 10.7. The second-order valence-corrected chi connectivity index (χ2v) is 16.7. The van der Waals surface area contributed by atoms with Gasteiger partial charge in [-0.3, -0.25) is 9.36 Å². The first kappa shape index (κ1) is 50.5. The van der Waals surface area contributed by atoms with Crippen molar-refractivity contribution in [2.24, 2.45) is 0 Å². The number of allylic oxidation sites excluding steroid dienone is 8. The summed E-state index contributed by atoms with van der Waals surface area (Å²) in [6.45, 7) is 4.53. The van der Waals surface area contributed by atoms with Crippen molar-refractivity contribution in [3.05, 3.63) is 48.6 Å². The summed E-state index contributed by atoms with van der Waals surface area (Å²) in [5.41, 5.74) is 0. The number of likely N-dealkylation sites (N-methyl/N-ethyl adjacent to an activating group) is 1. The Morgan fingerprint density at radius 1 is 0.692 bits per heavy atom. The fraction of sp³-hybridized carbons (Fsp3) is 0.791. The molecule has 52 heavy (non-hydrogen) atoms. The number of aliphatic hydroxyl groups excluding tert-OH is 1. The number of unbranched alkanes of at least 4 members (excludes halogenated alkanes) is 16. The van der Waals surface area contributed by atoms with E-state index < -0.39 is 20.0 Å². The first-order valence-corrected chi connectivity index (χ1v) is 22.4. The zero-order chi connectivity index (χ0) is 38.6. The summed E-state index contributed by atoms with van der Waals surface area (Å²) in [6.07, 6.45) is 42.7. The molecule has 0 aromatic rings. The maximum Gasteiger partial charge on any atom is 0.268 e.